The maximum atomic E-state index is 5.70. The molecule has 0 amide bonds. The smallest absolute Gasteiger partial charge is 0.176 e. The van der Waals surface area contributed by atoms with Gasteiger partial charge in [-0.05, 0) is 18.5 Å². The van der Waals surface area contributed by atoms with Crippen LogP contribution in [-0.2, 0) is 9.16 Å². The van der Waals surface area contributed by atoms with Crippen LogP contribution < -0.4 is 0 Å². The molecule has 0 radical (unpaired) electrons. The molecule has 0 rings (SSSR count). The summed E-state index contributed by atoms with van der Waals surface area (Å²) in [6, 6.07) is 2.51. The van der Waals surface area contributed by atoms with E-state index in [4.69, 9.17) is 9.16 Å². The van der Waals surface area contributed by atoms with Crippen LogP contribution in [0.4, 0.5) is 0 Å². The first kappa shape index (κ1) is 11.1. The third-order valence-electron chi connectivity index (χ3n) is 1.76. The van der Waals surface area contributed by atoms with Gasteiger partial charge in [-0.25, -0.2) is 0 Å². The number of hydrogen-bond acceptors (Lipinski definition) is 2. The molecule has 0 spiro atoms. The van der Waals surface area contributed by atoms with E-state index in [0.717, 1.165) is 19.6 Å². The fraction of sp³-hybridized carbons (Fsp3) is 1.00. The summed E-state index contributed by atoms with van der Waals surface area (Å²) in [5.41, 5.74) is 0. The fourth-order valence-corrected chi connectivity index (χ4v) is 2.53. The predicted octanol–water partition coefficient (Wildman–Crippen LogP) is 1.80. The molecule has 0 saturated carbocycles. The zero-order chi connectivity index (χ0) is 8.53. The van der Waals surface area contributed by atoms with Crippen LogP contribution in [0.25, 0.3) is 0 Å². The fourth-order valence-electron chi connectivity index (χ4n) is 0.978. The molecule has 68 valence electrons. The Morgan fingerprint density at radius 2 is 1.73 bits per heavy atom. The summed E-state index contributed by atoms with van der Waals surface area (Å²) in [5, 5.41) is 0. The minimum Gasteiger partial charge on any atom is -0.420 e. The van der Waals surface area contributed by atoms with Crippen molar-refractivity contribution in [1.29, 1.82) is 0 Å². The van der Waals surface area contributed by atoms with Crippen LogP contribution in [0.1, 0.15) is 20.3 Å². The van der Waals surface area contributed by atoms with Crippen LogP contribution in [0.2, 0.25) is 12.1 Å². The largest absolute Gasteiger partial charge is 0.420 e. The normalized spacial score (nSPS) is 10.9. The second kappa shape index (κ2) is 8.24. The standard InChI is InChI=1S/C8H20O2Si/c1-4-11(5-2)10-8-6-7-9-3/h11H,4-8H2,1-3H3. The molecule has 0 aliphatic carbocycles. The lowest BCUT2D eigenvalue weighted by molar-refractivity contribution is 0.172. The van der Waals surface area contributed by atoms with Gasteiger partial charge in [0.1, 0.15) is 0 Å². The molecule has 0 saturated heterocycles. The van der Waals surface area contributed by atoms with Crippen molar-refractivity contribution in [3.8, 4) is 0 Å². The van der Waals surface area contributed by atoms with E-state index in [1.807, 2.05) is 0 Å². The van der Waals surface area contributed by atoms with Crippen molar-refractivity contribution in [3.05, 3.63) is 0 Å². The molecule has 0 fully saturated rings. The molecule has 0 aromatic rings. The van der Waals surface area contributed by atoms with Gasteiger partial charge >= 0.3 is 0 Å². The molecule has 0 aromatic heterocycles. The molecule has 2 nitrogen and oxygen atoms in total. The molecule has 0 bridgehead atoms. The maximum absolute atomic E-state index is 5.70. The Labute approximate surface area is 71.6 Å². The van der Waals surface area contributed by atoms with E-state index in [9.17, 15) is 0 Å². The third kappa shape index (κ3) is 6.53. The summed E-state index contributed by atoms with van der Waals surface area (Å²) >= 11 is 0. The monoisotopic (exact) mass is 176 g/mol. The Balaban J connectivity index is 3.07. The summed E-state index contributed by atoms with van der Waals surface area (Å²) in [6.07, 6.45) is 1.04. The van der Waals surface area contributed by atoms with E-state index in [2.05, 4.69) is 13.8 Å². The Bertz CT molecular complexity index is 74.5. The number of hydrogen-bond donors (Lipinski definition) is 0. The molecular weight excluding hydrogens is 156 g/mol. The molecule has 0 heterocycles. The second-order valence-corrected chi connectivity index (χ2v) is 5.87. The third-order valence-corrected chi connectivity index (χ3v) is 4.29. The molecule has 0 atom stereocenters. The van der Waals surface area contributed by atoms with E-state index in [1.54, 1.807) is 7.11 Å². The zero-order valence-electron chi connectivity index (χ0n) is 7.93. The van der Waals surface area contributed by atoms with E-state index in [1.165, 1.54) is 12.1 Å². The van der Waals surface area contributed by atoms with Crippen LogP contribution in [0.15, 0.2) is 0 Å². The lowest BCUT2D eigenvalue weighted by Crippen LogP contribution is -2.16. The van der Waals surface area contributed by atoms with Crippen molar-refractivity contribution in [2.24, 2.45) is 0 Å². The number of rotatable bonds is 7. The molecule has 3 heteroatoms. The molecule has 0 unspecified atom stereocenters. The summed E-state index contributed by atoms with van der Waals surface area (Å²) in [7, 11) is 0.940. The van der Waals surface area contributed by atoms with Crippen molar-refractivity contribution in [3.63, 3.8) is 0 Å². The lowest BCUT2D eigenvalue weighted by atomic mass is 10.5. The van der Waals surface area contributed by atoms with Crippen molar-refractivity contribution in [2.45, 2.75) is 32.4 Å². The molecule has 11 heavy (non-hydrogen) atoms. The predicted molar refractivity (Wildman–Crippen MR) is 50.6 cm³/mol. The van der Waals surface area contributed by atoms with Crippen molar-refractivity contribution >= 4 is 9.04 Å². The lowest BCUT2D eigenvalue weighted by Gasteiger charge is -2.11. The maximum Gasteiger partial charge on any atom is 0.176 e. The van der Waals surface area contributed by atoms with Crippen LogP contribution in [0, 0.1) is 0 Å². The Morgan fingerprint density at radius 3 is 2.18 bits per heavy atom. The van der Waals surface area contributed by atoms with Gasteiger partial charge in [-0.3, -0.25) is 0 Å². The van der Waals surface area contributed by atoms with Crippen molar-refractivity contribution in [1.82, 2.24) is 0 Å². The molecule has 0 N–H and O–H groups in total. The van der Waals surface area contributed by atoms with Gasteiger partial charge in [-0.2, -0.15) is 0 Å². The van der Waals surface area contributed by atoms with Crippen LogP contribution in [0.3, 0.4) is 0 Å². The van der Waals surface area contributed by atoms with Gasteiger partial charge in [0.25, 0.3) is 0 Å². The number of methoxy groups -OCH3 is 1. The Morgan fingerprint density at radius 1 is 1.09 bits per heavy atom. The first-order chi connectivity index (χ1) is 5.35. The average molecular weight is 176 g/mol. The first-order valence-corrected chi connectivity index (χ1v) is 6.56. The summed E-state index contributed by atoms with van der Waals surface area (Å²) in [4.78, 5) is 0. The van der Waals surface area contributed by atoms with Gasteiger partial charge < -0.3 is 9.16 Å². The van der Waals surface area contributed by atoms with Crippen molar-refractivity contribution < 1.29 is 9.16 Å². The van der Waals surface area contributed by atoms with Gasteiger partial charge in [-0.1, -0.05) is 13.8 Å². The highest BCUT2D eigenvalue weighted by Gasteiger charge is 2.04. The quantitative estimate of drug-likeness (QED) is 0.435. The second-order valence-electron chi connectivity index (χ2n) is 2.66. The SMILES string of the molecule is CC[SiH](CC)OCCCOC. The van der Waals surface area contributed by atoms with Gasteiger partial charge in [0.2, 0.25) is 0 Å². The number of ether oxygens (including phenoxy) is 1. The van der Waals surface area contributed by atoms with E-state index in [0.29, 0.717) is 0 Å². The van der Waals surface area contributed by atoms with Crippen molar-refractivity contribution in [2.75, 3.05) is 20.3 Å². The average Bonchev–Trinajstić information content (AvgIpc) is 2.05. The van der Waals surface area contributed by atoms with Gasteiger partial charge in [-0.15, -0.1) is 0 Å². The molecule has 0 aliphatic rings. The van der Waals surface area contributed by atoms with E-state index in [-0.39, 0.29) is 0 Å². The summed E-state index contributed by atoms with van der Waals surface area (Å²) in [5.74, 6) is 0. The van der Waals surface area contributed by atoms with E-state index >= 15 is 0 Å². The zero-order valence-corrected chi connectivity index (χ0v) is 9.08. The van der Waals surface area contributed by atoms with E-state index < -0.39 is 9.04 Å². The highest BCUT2D eigenvalue weighted by Crippen LogP contribution is 2.00. The molecule has 0 aromatic carbocycles. The van der Waals surface area contributed by atoms with Gasteiger partial charge in [0, 0.05) is 20.3 Å². The van der Waals surface area contributed by atoms with Crippen LogP contribution in [0.5, 0.6) is 0 Å². The molecule has 0 aliphatic heterocycles. The minimum atomic E-state index is -0.790. The van der Waals surface area contributed by atoms with Gasteiger partial charge in [0.15, 0.2) is 9.04 Å². The Hall–Kier alpha value is 0.137. The van der Waals surface area contributed by atoms with Gasteiger partial charge in [0.05, 0.1) is 0 Å². The summed E-state index contributed by atoms with van der Waals surface area (Å²) < 4.78 is 10.6. The van der Waals surface area contributed by atoms with Crippen LogP contribution >= 0.6 is 0 Å². The minimum absolute atomic E-state index is 0.790. The Kier molecular flexibility index (Phi) is 8.34. The van der Waals surface area contributed by atoms with Crippen LogP contribution in [-0.4, -0.2) is 29.4 Å². The highest BCUT2D eigenvalue weighted by molar-refractivity contribution is 6.51. The topological polar surface area (TPSA) is 18.5 Å². The highest BCUT2D eigenvalue weighted by atomic mass is 28.3. The first-order valence-electron chi connectivity index (χ1n) is 4.45. The summed E-state index contributed by atoms with van der Waals surface area (Å²) in [6.45, 7) is 6.16. The molecular formula is C8H20O2Si.